The molecule has 0 spiro atoms. The van der Waals surface area contributed by atoms with Crippen molar-refractivity contribution < 1.29 is 43.5 Å². The van der Waals surface area contributed by atoms with E-state index < -0.39 is 45.7 Å². The SMILES string of the molecule is COc1c2c(c(O)c(O[C@]34C(C(=O)O)=C[C@]5(OC)C[C@H]3C(C)(C)O[C@@]4(CC=C(C)C)C5=O)c1CC=C(C)C)OC(C)(C)C=C2. The molecule has 6 rings (SSSR count). The van der Waals surface area contributed by atoms with Gasteiger partial charge in [-0.05, 0) is 86.5 Å². The molecule has 0 unspecified atom stereocenters. The van der Waals surface area contributed by atoms with Crippen molar-refractivity contribution in [2.75, 3.05) is 14.2 Å². The number of carbonyl (C=O) groups is 2. The molecule has 1 aromatic rings. The van der Waals surface area contributed by atoms with Crippen molar-refractivity contribution in [1.29, 1.82) is 0 Å². The Bertz CT molecular complexity index is 1550. The van der Waals surface area contributed by atoms with Crippen LogP contribution in [0.5, 0.6) is 23.0 Å². The zero-order valence-corrected chi connectivity index (χ0v) is 27.3. The third-order valence-corrected chi connectivity index (χ3v) is 9.46. The van der Waals surface area contributed by atoms with Crippen molar-refractivity contribution in [2.45, 2.75) is 103 Å². The Balaban J connectivity index is 1.89. The van der Waals surface area contributed by atoms with Crippen molar-refractivity contribution in [1.82, 2.24) is 0 Å². The summed E-state index contributed by atoms with van der Waals surface area (Å²) >= 11 is 0. The average molecular weight is 609 g/mol. The Morgan fingerprint density at radius 3 is 2.30 bits per heavy atom. The number of methoxy groups -OCH3 is 2. The van der Waals surface area contributed by atoms with E-state index in [2.05, 4.69) is 0 Å². The number of phenolic OH excluding ortho intramolecular Hbond substituents is 1. The second-order valence-corrected chi connectivity index (χ2v) is 13.9. The molecule has 5 aliphatic rings. The van der Waals surface area contributed by atoms with Gasteiger partial charge in [0.05, 0.1) is 23.8 Å². The molecule has 9 heteroatoms. The molecule has 0 aromatic heterocycles. The highest BCUT2D eigenvalue weighted by atomic mass is 16.6. The number of phenols is 1. The first-order valence-corrected chi connectivity index (χ1v) is 15.0. The number of aromatic hydroxyl groups is 1. The summed E-state index contributed by atoms with van der Waals surface area (Å²) in [6.45, 7) is 15.1. The lowest BCUT2D eigenvalue weighted by molar-refractivity contribution is -0.192. The lowest BCUT2D eigenvalue weighted by atomic mass is 9.51. The second-order valence-electron chi connectivity index (χ2n) is 13.9. The first-order chi connectivity index (χ1) is 20.4. The van der Waals surface area contributed by atoms with Gasteiger partial charge in [-0.3, -0.25) is 4.79 Å². The van der Waals surface area contributed by atoms with Crippen molar-refractivity contribution in [3.05, 3.63) is 52.2 Å². The topological polar surface area (TPSA) is 121 Å². The molecule has 44 heavy (non-hydrogen) atoms. The van der Waals surface area contributed by atoms with Gasteiger partial charge in [-0.2, -0.15) is 0 Å². The molecule has 2 N–H and O–H groups in total. The molecule has 2 fully saturated rings. The summed E-state index contributed by atoms with van der Waals surface area (Å²) in [5.74, 6) is -2.06. The largest absolute Gasteiger partial charge is 0.502 e. The summed E-state index contributed by atoms with van der Waals surface area (Å²) in [5.41, 5.74) is -4.04. The number of rotatable bonds is 9. The molecule has 0 amide bonds. The van der Waals surface area contributed by atoms with Gasteiger partial charge in [0.25, 0.3) is 0 Å². The molecule has 4 atom stereocenters. The number of carboxylic acid groups (broad SMARTS) is 1. The number of hydrogen-bond donors (Lipinski definition) is 2. The summed E-state index contributed by atoms with van der Waals surface area (Å²) in [7, 11) is 2.94. The van der Waals surface area contributed by atoms with E-state index in [1.807, 2.05) is 79.7 Å². The van der Waals surface area contributed by atoms with E-state index in [-0.39, 0.29) is 35.7 Å². The van der Waals surface area contributed by atoms with Crippen LogP contribution in [0.1, 0.15) is 79.4 Å². The molecule has 238 valence electrons. The van der Waals surface area contributed by atoms with Gasteiger partial charge in [-0.25, -0.2) is 4.79 Å². The van der Waals surface area contributed by atoms with Gasteiger partial charge >= 0.3 is 5.97 Å². The highest BCUT2D eigenvalue weighted by molar-refractivity contribution is 6.07. The van der Waals surface area contributed by atoms with Crippen molar-refractivity contribution in [3.8, 4) is 23.0 Å². The fourth-order valence-electron chi connectivity index (χ4n) is 7.45. The van der Waals surface area contributed by atoms with Crippen LogP contribution in [-0.4, -0.2) is 64.2 Å². The van der Waals surface area contributed by atoms with Crippen LogP contribution >= 0.6 is 0 Å². The van der Waals surface area contributed by atoms with Crippen LogP contribution in [0.3, 0.4) is 0 Å². The first-order valence-electron chi connectivity index (χ1n) is 15.0. The number of carboxylic acids is 1. The molecular weight excluding hydrogens is 564 g/mol. The van der Waals surface area contributed by atoms with Crippen molar-refractivity contribution in [2.24, 2.45) is 5.92 Å². The maximum Gasteiger partial charge on any atom is 0.335 e. The molecule has 1 saturated carbocycles. The number of fused-ring (bicyclic) bond motifs is 1. The lowest BCUT2D eigenvalue weighted by Gasteiger charge is -2.57. The Morgan fingerprint density at radius 2 is 1.73 bits per heavy atom. The number of Topliss-reactive ketones (excluding diaryl/α,β-unsaturated/α-hetero) is 1. The first kappa shape index (κ1) is 31.9. The maximum absolute atomic E-state index is 14.7. The van der Waals surface area contributed by atoms with Crippen LogP contribution in [0.25, 0.3) is 6.08 Å². The maximum atomic E-state index is 14.7. The highest BCUT2D eigenvalue weighted by Gasteiger charge is 2.84. The monoisotopic (exact) mass is 608 g/mol. The van der Waals surface area contributed by atoms with E-state index in [0.717, 1.165) is 11.1 Å². The number of ketones is 1. The van der Waals surface area contributed by atoms with E-state index in [0.29, 0.717) is 23.3 Å². The second kappa shape index (κ2) is 10.2. The standard InChI is InChI=1S/C35H44O9/c1-19(2)11-12-21-26(40-9)22-14-15-31(5,6)42-27(22)25(36)28(21)43-35-23(29(37)38)17-33(41-10)18-24(35)32(7,8)44-34(35,30(33)39)16-13-20(3)4/h11,13-15,17,24,36H,12,16,18H2,1-10H3,(H,37,38)/t24-,33-,34-,35+/m0/s1. The zero-order valence-electron chi connectivity index (χ0n) is 27.3. The van der Waals surface area contributed by atoms with Gasteiger partial charge in [0, 0.05) is 25.0 Å². The predicted octanol–water partition coefficient (Wildman–Crippen LogP) is 6.11. The van der Waals surface area contributed by atoms with E-state index in [1.165, 1.54) is 20.3 Å². The molecule has 9 nitrogen and oxygen atoms in total. The summed E-state index contributed by atoms with van der Waals surface area (Å²) in [5, 5.41) is 22.8. The summed E-state index contributed by atoms with van der Waals surface area (Å²) in [6.07, 6.45) is 9.41. The highest BCUT2D eigenvalue weighted by Crippen LogP contribution is 2.68. The number of ether oxygens (including phenoxy) is 5. The van der Waals surface area contributed by atoms with E-state index in [4.69, 9.17) is 23.7 Å². The van der Waals surface area contributed by atoms with Gasteiger partial charge in [0.1, 0.15) is 17.0 Å². The quantitative estimate of drug-likeness (QED) is 0.320. The molecular formula is C35H44O9. The summed E-state index contributed by atoms with van der Waals surface area (Å²) in [6, 6.07) is 0. The summed E-state index contributed by atoms with van der Waals surface area (Å²) in [4.78, 5) is 27.9. The zero-order chi connectivity index (χ0) is 32.6. The van der Waals surface area contributed by atoms with Crippen LogP contribution in [0.4, 0.5) is 0 Å². The van der Waals surface area contributed by atoms with Crippen LogP contribution in [0.15, 0.2) is 41.0 Å². The van der Waals surface area contributed by atoms with Gasteiger partial charge in [0.15, 0.2) is 22.7 Å². The Morgan fingerprint density at radius 1 is 1.07 bits per heavy atom. The number of carbonyl (C=O) groups excluding carboxylic acids is 1. The molecule has 2 heterocycles. The molecule has 4 bridgehead atoms. The van der Waals surface area contributed by atoms with Gasteiger partial charge in [0.2, 0.25) is 11.5 Å². The normalized spacial score (nSPS) is 30.2. The molecule has 1 aromatic carbocycles. The Labute approximate surface area is 259 Å². The molecule has 3 aliphatic carbocycles. The predicted molar refractivity (Wildman–Crippen MR) is 165 cm³/mol. The number of hydrogen-bond acceptors (Lipinski definition) is 8. The van der Waals surface area contributed by atoms with Crippen LogP contribution in [-0.2, 0) is 25.5 Å². The fraction of sp³-hybridized carbons (Fsp3) is 0.543. The van der Waals surface area contributed by atoms with Crippen LogP contribution in [0, 0.1) is 5.92 Å². The molecule has 1 saturated heterocycles. The minimum absolute atomic E-state index is 0.0103. The minimum atomic E-state index is -1.83. The number of benzene rings is 1. The smallest absolute Gasteiger partial charge is 0.335 e. The minimum Gasteiger partial charge on any atom is -0.502 e. The van der Waals surface area contributed by atoms with Gasteiger partial charge in [-0.15, -0.1) is 0 Å². The van der Waals surface area contributed by atoms with Crippen molar-refractivity contribution in [3.63, 3.8) is 0 Å². The van der Waals surface area contributed by atoms with Crippen LogP contribution < -0.4 is 14.2 Å². The van der Waals surface area contributed by atoms with E-state index in [1.54, 1.807) is 0 Å². The number of aliphatic carboxylic acids is 1. The average Bonchev–Trinajstić information content (AvgIpc) is 3.10. The van der Waals surface area contributed by atoms with Gasteiger partial charge < -0.3 is 33.9 Å². The summed E-state index contributed by atoms with van der Waals surface area (Å²) < 4.78 is 31.8. The van der Waals surface area contributed by atoms with Gasteiger partial charge in [-0.1, -0.05) is 23.3 Å². The molecule has 2 aliphatic heterocycles. The molecule has 0 radical (unpaired) electrons. The van der Waals surface area contributed by atoms with Crippen LogP contribution in [0.2, 0.25) is 0 Å². The Hall–Kier alpha value is -3.56. The third kappa shape index (κ3) is 4.34. The van der Waals surface area contributed by atoms with E-state index >= 15 is 0 Å². The van der Waals surface area contributed by atoms with Crippen molar-refractivity contribution >= 4 is 17.8 Å². The third-order valence-electron chi connectivity index (χ3n) is 9.46. The van der Waals surface area contributed by atoms with E-state index in [9.17, 15) is 19.8 Å². The lowest BCUT2D eigenvalue weighted by Crippen LogP contribution is -2.76. The fourth-order valence-corrected chi connectivity index (χ4v) is 7.45. The Kier molecular flexibility index (Phi) is 7.41. The number of allylic oxidation sites excluding steroid dienone is 3.